The van der Waals surface area contributed by atoms with Crippen molar-refractivity contribution in [1.82, 2.24) is 0 Å². The highest BCUT2D eigenvalue weighted by Gasteiger charge is 2.21. The molecule has 120 valence electrons. The molecule has 0 saturated carbocycles. The average Bonchev–Trinajstić information content (AvgIpc) is 2.60. The quantitative estimate of drug-likeness (QED) is 0.638. The van der Waals surface area contributed by atoms with Crippen molar-refractivity contribution in [2.24, 2.45) is 0 Å². The second kappa shape index (κ2) is 6.57. The van der Waals surface area contributed by atoms with Crippen molar-refractivity contribution in [1.29, 1.82) is 0 Å². The summed E-state index contributed by atoms with van der Waals surface area (Å²) in [6.07, 6.45) is 0. The van der Waals surface area contributed by atoms with Crippen LogP contribution in [0.15, 0.2) is 58.3 Å². The van der Waals surface area contributed by atoms with Gasteiger partial charge in [-0.15, -0.1) is 0 Å². The third kappa shape index (κ3) is 3.37. The Bertz CT molecular complexity index is 791. The number of carbonyl (C=O) groups is 2. The van der Waals surface area contributed by atoms with Crippen molar-refractivity contribution in [2.75, 3.05) is 0 Å². The van der Waals surface area contributed by atoms with Gasteiger partial charge in [-0.05, 0) is 36.4 Å². The van der Waals surface area contributed by atoms with E-state index < -0.39 is 21.8 Å². The Balaban J connectivity index is 2.51. The summed E-state index contributed by atoms with van der Waals surface area (Å²) < 4.78 is 25.1. The van der Waals surface area contributed by atoms with Gasteiger partial charge in [0.1, 0.15) is 0 Å². The summed E-state index contributed by atoms with van der Waals surface area (Å²) in [5, 5.41) is 16.7. The van der Waals surface area contributed by atoms with Gasteiger partial charge in [0.05, 0.1) is 20.9 Å². The zero-order chi connectivity index (χ0) is 17.0. The lowest BCUT2D eigenvalue weighted by molar-refractivity contribution is -0.182. The second-order valence-electron chi connectivity index (χ2n) is 4.32. The van der Waals surface area contributed by atoms with E-state index in [2.05, 4.69) is 9.78 Å². The van der Waals surface area contributed by atoms with Gasteiger partial charge in [0.15, 0.2) is 0 Å². The van der Waals surface area contributed by atoms with E-state index in [1.54, 1.807) is 0 Å². The van der Waals surface area contributed by atoms with E-state index in [9.17, 15) is 18.0 Å². The molecule has 0 unspecified atom stereocenters. The first-order chi connectivity index (χ1) is 10.9. The molecule has 0 heterocycles. The molecule has 0 spiro atoms. The fourth-order valence-corrected chi connectivity index (χ4v) is 3.17. The smallest absolute Gasteiger partial charge is 0.296 e. The molecule has 2 aromatic rings. The number of hydrogen-bond donors (Lipinski definition) is 2. The summed E-state index contributed by atoms with van der Waals surface area (Å²) in [6.45, 7) is 0. The lowest BCUT2D eigenvalue weighted by Crippen LogP contribution is -2.08. The van der Waals surface area contributed by atoms with Gasteiger partial charge in [0, 0.05) is 0 Å². The molecule has 0 aromatic heterocycles. The third-order valence-corrected chi connectivity index (χ3v) is 4.67. The maximum absolute atomic E-state index is 12.5. The van der Waals surface area contributed by atoms with Gasteiger partial charge < -0.3 is 0 Å². The maximum Gasteiger partial charge on any atom is 0.372 e. The minimum Gasteiger partial charge on any atom is -0.296 e. The summed E-state index contributed by atoms with van der Waals surface area (Å²) in [4.78, 5) is 29.1. The van der Waals surface area contributed by atoms with Crippen molar-refractivity contribution in [3.8, 4) is 0 Å². The standard InChI is InChI=1S/C14H10O8S/c15-13(21-17)9-3-1-5-11(7-9)23(19,20)12-6-2-4-10(8-12)14(16)22-18/h1-8,17-18H. The van der Waals surface area contributed by atoms with Crippen LogP contribution in [0.3, 0.4) is 0 Å². The number of benzene rings is 2. The molecule has 0 aliphatic rings. The van der Waals surface area contributed by atoms with Gasteiger partial charge in [-0.25, -0.2) is 18.0 Å². The summed E-state index contributed by atoms with van der Waals surface area (Å²) in [7, 11) is -4.05. The first-order valence-corrected chi connectivity index (χ1v) is 7.55. The molecule has 2 rings (SSSR count). The molecular formula is C14H10O8S. The Kier molecular flexibility index (Phi) is 4.74. The van der Waals surface area contributed by atoms with Gasteiger partial charge in [0.2, 0.25) is 9.84 Å². The highest BCUT2D eigenvalue weighted by atomic mass is 32.2. The number of rotatable bonds is 4. The molecule has 0 saturated heterocycles. The molecule has 0 aliphatic heterocycles. The van der Waals surface area contributed by atoms with Crippen molar-refractivity contribution in [2.45, 2.75) is 9.79 Å². The Hall–Kier alpha value is -2.75. The van der Waals surface area contributed by atoms with E-state index in [4.69, 9.17) is 10.5 Å². The fraction of sp³-hybridized carbons (Fsp3) is 0. The Labute approximate surface area is 130 Å². The molecule has 2 aromatic carbocycles. The first kappa shape index (κ1) is 16.6. The summed E-state index contributed by atoms with van der Waals surface area (Å²) in [5.41, 5.74) is -0.334. The third-order valence-electron chi connectivity index (χ3n) is 2.93. The Morgan fingerprint density at radius 2 is 1.17 bits per heavy atom. The molecular weight excluding hydrogens is 328 g/mol. The Morgan fingerprint density at radius 3 is 1.52 bits per heavy atom. The molecule has 9 heteroatoms. The lowest BCUT2D eigenvalue weighted by Gasteiger charge is -2.07. The van der Waals surface area contributed by atoms with Crippen molar-refractivity contribution >= 4 is 21.8 Å². The monoisotopic (exact) mass is 338 g/mol. The molecule has 0 aliphatic carbocycles. The highest BCUT2D eigenvalue weighted by Crippen LogP contribution is 2.23. The van der Waals surface area contributed by atoms with Gasteiger partial charge in [-0.2, -0.15) is 10.5 Å². The maximum atomic E-state index is 12.5. The summed E-state index contributed by atoms with van der Waals surface area (Å²) in [5.74, 6) is -2.22. The molecule has 0 bridgehead atoms. The molecule has 0 radical (unpaired) electrons. The first-order valence-electron chi connectivity index (χ1n) is 6.07. The zero-order valence-corrected chi connectivity index (χ0v) is 12.2. The van der Waals surface area contributed by atoms with Gasteiger partial charge >= 0.3 is 11.9 Å². The van der Waals surface area contributed by atoms with Gasteiger partial charge in [0.25, 0.3) is 0 Å². The minimum absolute atomic E-state index is 0.167. The fourth-order valence-electron chi connectivity index (χ4n) is 1.82. The van der Waals surface area contributed by atoms with E-state index in [1.165, 1.54) is 36.4 Å². The SMILES string of the molecule is O=C(OO)c1cccc(S(=O)(=O)c2cccc(C(=O)OO)c2)c1. The molecule has 0 fully saturated rings. The number of hydrogen-bond acceptors (Lipinski definition) is 8. The van der Waals surface area contributed by atoms with Crippen LogP contribution in [0.2, 0.25) is 0 Å². The van der Waals surface area contributed by atoms with E-state index in [0.29, 0.717) is 0 Å². The van der Waals surface area contributed by atoms with Crippen LogP contribution < -0.4 is 0 Å². The second-order valence-corrected chi connectivity index (χ2v) is 6.27. The van der Waals surface area contributed by atoms with Crippen LogP contribution in [0, 0.1) is 0 Å². The van der Waals surface area contributed by atoms with Crippen molar-refractivity contribution < 1.29 is 38.3 Å². The Morgan fingerprint density at radius 1 is 0.783 bits per heavy atom. The van der Waals surface area contributed by atoms with Gasteiger partial charge in [-0.1, -0.05) is 12.1 Å². The lowest BCUT2D eigenvalue weighted by atomic mass is 10.2. The molecule has 0 amide bonds. The van der Waals surface area contributed by atoms with E-state index in [0.717, 1.165) is 12.1 Å². The summed E-state index contributed by atoms with van der Waals surface area (Å²) in [6, 6.07) is 9.63. The number of carbonyl (C=O) groups excluding carboxylic acids is 2. The average molecular weight is 338 g/mol. The summed E-state index contributed by atoms with van der Waals surface area (Å²) >= 11 is 0. The van der Waals surface area contributed by atoms with Crippen LogP contribution in [-0.4, -0.2) is 30.9 Å². The van der Waals surface area contributed by atoms with E-state index in [-0.39, 0.29) is 20.9 Å². The van der Waals surface area contributed by atoms with Crippen LogP contribution in [-0.2, 0) is 19.6 Å². The topological polar surface area (TPSA) is 127 Å². The largest absolute Gasteiger partial charge is 0.372 e. The van der Waals surface area contributed by atoms with Gasteiger partial charge in [-0.3, -0.25) is 9.78 Å². The number of sulfone groups is 1. The molecule has 8 nitrogen and oxygen atoms in total. The minimum atomic E-state index is -4.05. The highest BCUT2D eigenvalue weighted by molar-refractivity contribution is 7.91. The van der Waals surface area contributed by atoms with E-state index in [1.807, 2.05) is 0 Å². The molecule has 2 N–H and O–H groups in total. The van der Waals surface area contributed by atoms with Crippen LogP contribution in [0.25, 0.3) is 0 Å². The van der Waals surface area contributed by atoms with Crippen LogP contribution in [0.4, 0.5) is 0 Å². The van der Waals surface area contributed by atoms with Crippen LogP contribution >= 0.6 is 0 Å². The van der Waals surface area contributed by atoms with E-state index >= 15 is 0 Å². The predicted molar refractivity (Wildman–Crippen MR) is 74.4 cm³/mol. The van der Waals surface area contributed by atoms with Crippen LogP contribution in [0.1, 0.15) is 20.7 Å². The predicted octanol–water partition coefficient (Wildman–Crippen LogP) is 1.78. The zero-order valence-electron chi connectivity index (χ0n) is 11.4. The van der Waals surface area contributed by atoms with Crippen molar-refractivity contribution in [3.63, 3.8) is 0 Å². The van der Waals surface area contributed by atoms with Crippen LogP contribution in [0.5, 0.6) is 0 Å². The molecule has 0 atom stereocenters. The molecule has 23 heavy (non-hydrogen) atoms. The normalized spacial score (nSPS) is 10.9. The van der Waals surface area contributed by atoms with Crippen molar-refractivity contribution in [3.05, 3.63) is 59.7 Å².